The largest absolute Gasteiger partial charge is 0.493 e. The molecule has 10 heteroatoms. The minimum absolute atomic E-state index is 0.0935. The second-order valence-electron chi connectivity index (χ2n) is 16.5. The first kappa shape index (κ1) is 38.9. The van der Waals surface area contributed by atoms with Gasteiger partial charge >= 0.3 is 0 Å². The van der Waals surface area contributed by atoms with Gasteiger partial charge in [-0.05, 0) is 122 Å². The van der Waals surface area contributed by atoms with E-state index in [1.54, 1.807) is 18.2 Å². The van der Waals surface area contributed by atoms with Crippen molar-refractivity contribution in [1.82, 2.24) is 10.2 Å². The van der Waals surface area contributed by atoms with Crippen LogP contribution in [0.5, 0.6) is 17.2 Å². The van der Waals surface area contributed by atoms with Crippen molar-refractivity contribution < 1.29 is 24.1 Å². The number of carbonyl (C=O) groups is 1. The lowest BCUT2D eigenvalue weighted by atomic mass is 9.62. The number of rotatable bonds is 15. The van der Waals surface area contributed by atoms with Gasteiger partial charge in [-0.25, -0.2) is 4.85 Å². The maximum Gasteiger partial charge on any atom is 0.188 e. The lowest BCUT2D eigenvalue weighted by molar-refractivity contribution is -0.128. The highest BCUT2D eigenvalue weighted by Crippen LogP contribution is 2.48. The van der Waals surface area contributed by atoms with E-state index in [1.807, 2.05) is 12.1 Å². The zero-order chi connectivity index (χ0) is 39.5. The van der Waals surface area contributed by atoms with Crippen molar-refractivity contribution in [3.05, 3.63) is 117 Å². The fourth-order valence-electron chi connectivity index (χ4n) is 9.40. The summed E-state index contributed by atoms with van der Waals surface area (Å²) in [6.07, 6.45) is 6.40. The van der Waals surface area contributed by atoms with Crippen LogP contribution in [0.4, 0.5) is 5.69 Å². The zero-order valence-corrected chi connectivity index (χ0v) is 33.2. The summed E-state index contributed by atoms with van der Waals surface area (Å²) in [6, 6.07) is 23.6. The van der Waals surface area contributed by atoms with Gasteiger partial charge in [0.25, 0.3) is 0 Å². The number of halogens is 1. The molecule has 57 heavy (non-hydrogen) atoms. The van der Waals surface area contributed by atoms with Crippen LogP contribution in [-0.2, 0) is 24.4 Å². The van der Waals surface area contributed by atoms with E-state index in [0.29, 0.717) is 70.9 Å². The van der Waals surface area contributed by atoms with E-state index in [-0.39, 0.29) is 18.8 Å². The van der Waals surface area contributed by atoms with Gasteiger partial charge in [-0.3, -0.25) is 4.79 Å². The van der Waals surface area contributed by atoms with E-state index in [0.717, 1.165) is 98.3 Å². The molecule has 1 heterocycles. The number of hydrogen-bond acceptors (Lipinski definition) is 8. The first-order valence-electron chi connectivity index (χ1n) is 20.2. The summed E-state index contributed by atoms with van der Waals surface area (Å²) in [5.74, 6) is 2.68. The average Bonchev–Trinajstić information content (AvgIpc) is 3.80. The lowest BCUT2D eigenvalue weighted by Gasteiger charge is -2.58. The second kappa shape index (κ2) is 16.9. The fraction of sp³-hybridized carbons (Fsp3) is 0.426. The van der Waals surface area contributed by atoms with Gasteiger partial charge in [-0.1, -0.05) is 41.9 Å². The van der Waals surface area contributed by atoms with Gasteiger partial charge in [-0.15, -0.1) is 0 Å². The monoisotopic (exact) mass is 784 g/mol. The molecule has 4 aromatic rings. The summed E-state index contributed by atoms with van der Waals surface area (Å²) in [4.78, 5) is 17.8. The molecule has 3 aliphatic carbocycles. The number of aliphatic hydroxyl groups excluding tert-OH is 1. The number of carbonyl (C=O) groups excluding carboxylic acids is 1. The standard InChI is InChI=1S/C47H49ClN4O5/c1-30-38(6-4-9-43(30)55-15-5-14-52-28-47(29-52)22-37(54)23-47)39-7-3-8-41-40(39)12-13-44(41)57-46-21-45(56-27-33-16-32(24-49)17-35(18-33)50-2)34(20-42(46)48)26-51-25-31-10-11-36(53)19-31/h3-4,6-9,16-18,20-21,31,37,44,51,54H,5,10-15,19,22-23,25-29H2,1H3/t31-,44-/m0/s1. The SMILES string of the molecule is [C-]#[N+]c1cc(C#N)cc(COc2cc(O[C@H]3CCc4c(-c5cccc(OCCCN6CC7(CC(O)C7)C6)c5C)cccc43)c(Cl)cc2CNC[C@H]2CCC(=O)C2)c1. The van der Waals surface area contributed by atoms with Gasteiger partial charge < -0.3 is 29.5 Å². The third kappa shape index (κ3) is 8.68. The van der Waals surface area contributed by atoms with Gasteiger partial charge in [-0.2, -0.15) is 5.26 Å². The molecule has 1 saturated heterocycles. The minimum Gasteiger partial charge on any atom is -0.493 e. The Kier molecular flexibility index (Phi) is 11.6. The summed E-state index contributed by atoms with van der Waals surface area (Å²) < 4.78 is 19.5. The Morgan fingerprint density at radius 3 is 2.61 bits per heavy atom. The lowest BCUT2D eigenvalue weighted by Crippen LogP contribution is -2.63. The molecule has 2 N–H and O–H groups in total. The quantitative estimate of drug-likeness (QED) is 0.0909. The predicted octanol–water partition coefficient (Wildman–Crippen LogP) is 9.07. The molecule has 3 fully saturated rings. The number of ketones is 1. The smallest absolute Gasteiger partial charge is 0.188 e. The van der Waals surface area contributed by atoms with Crippen LogP contribution in [0.2, 0.25) is 5.02 Å². The number of nitrogens with one attached hydrogen (secondary N) is 1. The number of fused-ring (bicyclic) bond motifs is 1. The van der Waals surface area contributed by atoms with Crippen LogP contribution in [0.1, 0.15) is 84.4 Å². The predicted molar refractivity (Wildman–Crippen MR) is 220 cm³/mol. The van der Waals surface area contributed by atoms with Crippen LogP contribution in [0.25, 0.3) is 16.0 Å². The summed E-state index contributed by atoms with van der Waals surface area (Å²) in [7, 11) is 0. The molecule has 0 bridgehead atoms. The Morgan fingerprint density at radius 2 is 1.84 bits per heavy atom. The minimum atomic E-state index is -0.203. The third-order valence-corrected chi connectivity index (χ3v) is 12.5. The van der Waals surface area contributed by atoms with Crippen molar-refractivity contribution in [3.8, 4) is 34.4 Å². The van der Waals surface area contributed by atoms with Crippen molar-refractivity contribution in [2.24, 2.45) is 11.3 Å². The van der Waals surface area contributed by atoms with Gasteiger partial charge in [0.2, 0.25) is 0 Å². The molecule has 2 atom stereocenters. The molecule has 1 spiro atoms. The third-order valence-electron chi connectivity index (χ3n) is 12.2. The molecule has 8 rings (SSSR count). The van der Waals surface area contributed by atoms with E-state index >= 15 is 0 Å². The molecular formula is C47H49ClN4O5. The van der Waals surface area contributed by atoms with Crippen molar-refractivity contribution in [2.75, 3.05) is 32.8 Å². The van der Waals surface area contributed by atoms with Crippen LogP contribution in [0, 0.1) is 36.2 Å². The summed E-state index contributed by atoms with van der Waals surface area (Å²) in [6.45, 7) is 14.9. The van der Waals surface area contributed by atoms with Crippen LogP contribution in [0.15, 0.2) is 66.7 Å². The van der Waals surface area contributed by atoms with E-state index in [4.69, 9.17) is 32.4 Å². The van der Waals surface area contributed by atoms with Gasteiger partial charge in [0.1, 0.15) is 35.7 Å². The number of Topliss-reactive ketones (excluding diaryl/α,β-unsaturated/α-hetero) is 1. The number of hydrogen-bond donors (Lipinski definition) is 2. The van der Waals surface area contributed by atoms with E-state index in [9.17, 15) is 15.2 Å². The first-order valence-corrected chi connectivity index (χ1v) is 20.6. The number of aliphatic hydroxyl groups is 1. The number of ether oxygens (including phenoxy) is 3. The number of benzene rings is 4. The highest BCUT2D eigenvalue weighted by molar-refractivity contribution is 6.32. The summed E-state index contributed by atoms with van der Waals surface area (Å²) in [5, 5.41) is 23.2. The van der Waals surface area contributed by atoms with Gasteiger partial charge in [0.05, 0.1) is 30.4 Å². The maximum atomic E-state index is 11.8. The molecule has 294 valence electrons. The van der Waals surface area contributed by atoms with Crippen LogP contribution in [0.3, 0.4) is 0 Å². The molecule has 4 aliphatic rings. The van der Waals surface area contributed by atoms with Gasteiger partial charge in [0.15, 0.2) is 5.69 Å². The topological polar surface area (TPSA) is 108 Å². The normalized spacial score (nSPS) is 19.7. The van der Waals surface area contributed by atoms with E-state index < -0.39 is 0 Å². The average molecular weight is 785 g/mol. The maximum absolute atomic E-state index is 11.8. The highest BCUT2D eigenvalue weighted by atomic mass is 35.5. The van der Waals surface area contributed by atoms with E-state index in [1.165, 1.54) is 11.1 Å². The fourth-order valence-corrected chi connectivity index (χ4v) is 9.63. The zero-order valence-electron chi connectivity index (χ0n) is 32.5. The molecule has 9 nitrogen and oxygen atoms in total. The van der Waals surface area contributed by atoms with Crippen molar-refractivity contribution in [2.45, 2.75) is 83.6 Å². The molecule has 0 unspecified atom stereocenters. The molecule has 0 radical (unpaired) electrons. The summed E-state index contributed by atoms with van der Waals surface area (Å²) in [5.41, 5.74) is 8.63. The molecule has 4 aromatic carbocycles. The van der Waals surface area contributed by atoms with Crippen LogP contribution >= 0.6 is 11.6 Å². The molecule has 1 aliphatic heterocycles. The Hall–Kier alpha value is -4.90. The van der Waals surface area contributed by atoms with E-state index in [2.05, 4.69) is 64.5 Å². The van der Waals surface area contributed by atoms with Crippen molar-refractivity contribution in [3.63, 3.8) is 0 Å². The first-order chi connectivity index (χ1) is 27.7. The number of likely N-dealkylation sites (tertiary alicyclic amines) is 1. The number of nitrogens with zero attached hydrogens (tertiary/aromatic N) is 3. The van der Waals surface area contributed by atoms with Crippen LogP contribution in [-0.4, -0.2) is 54.7 Å². The molecule has 0 amide bonds. The molecular weight excluding hydrogens is 736 g/mol. The second-order valence-corrected chi connectivity index (χ2v) is 16.9. The van der Waals surface area contributed by atoms with Crippen LogP contribution < -0.4 is 19.5 Å². The Balaban J connectivity index is 0.961. The Morgan fingerprint density at radius 1 is 1.02 bits per heavy atom. The summed E-state index contributed by atoms with van der Waals surface area (Å²) >= 11 is 6.95. The van der Waals surface area contributed by atoms with Gasteiger partial charge in [0, 0.05) is 61.6 Å². The van der Waals surface area contributed by atoms with Crippen molar-refractivity contribution >= 4 is 23.1 Å². The Labute approximate surface area is 340 Å². The highest BCUT2D eigenvalue weighted by Gasteiger charge is 2.51. The molecule has 0 aromatic heterocycles. The van der Waals surface area contributed by atoms with Crippen molar-refractivity contribution in [1.29, 1.82) is 5.26 Å². The molecule has 2 saturated carbocycles. The number of nitriles is 1. The Bertz CT molecular complexity index is 2200.